The fourth-order valence-corrected chi connectivity index (χ4v) is 7.40. The van der Waals surface area contributed by atoms with Crippen molar-refractivity contribution in [3.05, 3.63) is 64.9 Å². The largest absolute Gasteiger partial charge is 0.488 e. The third kappa shape index (κ3) is 9.68. The van der Waals surface area contributed by atoms with Crippen LogP contribution in [0.3, 0.4) is 0 Å². The Morgan fingerprint density at radius 1 is 1.12 bits per heavy atom. The molecule has 2 N–H and O–H groups in total. The van der Waals surface area contributed by atoms with E-state index in [0.717, 1.165) is 23.8 Å². The van der Waals surface area contributed by atoms with Crippen LogP contribution in [0.15, 0.2) is 58.7 Å². The van der Waals surface area contributed by atoms with E-state index in [-0.39, 0.29) is 64.6 Å². The molecule has 1 aromatic carbocycles. The van der Waals surface area contributed by atoms with Crippen LogP contribution in [-0.2, 0) is 43.9 Å². The predicted octanol–water partition coefficient (Wildman–Crippen LogP) is 4.37. The number of carbonyl (C=O) groups excluding carboxylic acids is 1. The van der Waals surface area contributed by atoms with Crippen molar-refractivity contribution in [3.63, 3.8) is 0 Å². The number of aromatic nitrogens is 2. The highest BCUT2D eigenvalue weighted by Crippen LogP contribution is 2.53. The Hall–Kier alpha value is -4.19. The summed E-state index contributed by atoms with van der Waals surface area (Å²) < 4.78 is 64.4. The number of thiazole rings is 1. The van der Waals surface area contributed by atoms with E-state index < -0.39 is 47.1 Å². The normalized spacial score (nSPS) is 15.4. The predicted molar refractivity (Wildman–Crippen MR) is 171 cm³/mol. The maximum Gasteiger partial charge on any atom is 0.353 e. The zero-order chi connectivity index (χ0) is 35.1. The van der Waals surface area contributed by atoms with E-state index >= 15 is 0 Å². The van der Waals surface area contributed by atoms with Crippen molar-refractivity contribution >= 4 is 51.7 Å². The summed E-state index contributed by atoms with van der Waals surface area (Å²) in [6.45, 7) is 2.47. The Morgan fingerprint density at radius 2 is 1.83 bits per heavy atom. The SMILES string of the molecule is CC[C@@H](COC)Oc1cc(Oc2ccc(S(C)(=O)=O)nc2)cc(C(=O)N(/C(=C\C(=O)O)C(=O)O)c2nc(CP3(=O)OCCCO3)cs2)c1. The van der Waals surface area contributed by atoms with Crippen LogP contribution in [0.1, 0.15) is 35.8 Å². The fraction of sp³-hybridized carbons (Fsp3) is 0.345. The molecule has 1 saturated heterocycles. The van der Waals surface area contributed by atoms with Gasteiger partial charge < -0.3 is 33.5 Å². The van der Waals surface area contributed by atoms with Crippen molar-refractivity contribution in [1.29, 1.82) is 0 Å². The molecule has 1 aliphatic heterocycles. The summed E-state index contributed by atoms with van der Waals surface area (Å²) in [5, 5.41) is 20.5. The van der Waals surface area contributed by atoms with Crippen LogP contribution in [0.25, 0.3) is 0 Å². The van der Waals surface area contributed by atoms with Crippen molar-refractivity contribution in [2.75, 3.05) is 38.1 Å². The zero-order valence-corrected chi connectivity index (χ0v) is 28.5. The van der Waals surface area contributed by atoms with Gasteiger partial charge in [0.1, 0.15) is 29.0 Å². The maximum atomic E-state index is 14.2. The Labute approximate surface area is 279 Å². The molecule has 0 bridgehead atoms. The number of nitrogens with zero attached hydrogens (tertiary/aromatic N) is 3. The lowest BCUT2D eigenvalue weighted by Gasteiger charge is -2.23. The van der Waals surface area contributed by atoms with E-state index in [1.54, 1.807) is 0 Å². The Morgan fingerprint density at radius 3 is 2.42 bits per heavy atom. The molecule has 16 nitrogen and oxygen atoms in total. The number of ether oxygens (including phenoxy) is 3. The molecular formula is C29H32N3O13PS2. The van der Waals surface area contributed by atoms with Crippen molar-refractivity contribution in [3.8, 4) is 17.2 Å². The molecule has 48 heavy (non-hydrogen) atoms. The Balaban J connectivity index is 1.79. The molecule has 1 aliphatic rings. The number of benzene rings is 1. The number of carboxylic acids is 2. The van der Waals surface area contributed by atoms with Gasteiger partial charge >= 0.3 is 19.5 Å². The summed E-state index contributed by atoms with van der Waals surface area (Å²) >= 11 is 0.804. The minimum atomic E-state index is -3.59. The molecule has 258 valence electrons. The van der Waals surface area contributed by atoms with E-state index in [1.807, 2.05) is 6.92 Å². The number of methoxy groups -OCH3 is 1. The molecule has 1 fully saturated rings. The van der Waals surface area contributed by atoms with Crippen LogP contribution in [0.4, 0.5) is 5.13 Å². The van der Waals surface area contributed by atoms with Crippen molar-refractivity contribution in [2.24, 2.45) is 0 Å². The molecule has 3 heterocycles. The number of aliphatic carboxylic acids is 2. The number of carbonyl (C=O) groups is 3. The fourth-order valence-electron chi connectivity index (χ4n) is 4.25. The third-order valence-electron chi connectivity index (χ3n) is 6.44. The van der Waals surface area contributed by atoms with Gasteiger partial charge in [0.05, 0.1) is 43.9 Å². The van der Waals surface area contributed by atoms with Crippen LogP contribution < -0.4 is 14.4 Å². The van der Waals surface area contributed by atoms with Crippen molar-refractivity contribution < 1.29 is 60.8 Å². The molecule has 4 rings (SSSR count). The quantitative estimate of drug-likeness (QED) is 0.164. The van der Waals surface area contributed by atoms with Crippen molar-refractivity contribution in [2.45, 2.75) is 37.1 Å². The van der Waals surface area contributed by atoms with Crippen LogP contribution in [0.2, 0.25) is 0 Å². The van der Waals surface area contributed by atoms with Gasteiger partial charge in [-0.2, -0.15) is 0 Å². The first-order valence-electron chi connectivity index (χ1n) is 14.2. The van der Waals surface area contributed by atoms with Gasteiger partial charge in [0.2, 0.25) is 0 Å². The second-order valence-electron chi connectivity index (χ2n) is 10.2. The van der Waals surface area contributed by atoms with Crippen LogP contribution >= 0.6 is 18.9 Å². The van der Waals surface area contributed by atoms with Gasteiger partial charge in [-0.1, -0.05) is 6.92 Å². The maximum absolute atomic E-state index is 14.2. The molecule has 1 atom stereocenters. The summed E-state index contributed by atoms with van der Waals surface area (Å²) in [7, 11) is -5.65. The Bertz CT molecular complexity index is 1830. The first-order chi connectivity index (χ1) is 22.7. The van der Waals surface area contributed by atoms with Crippen LogP contribution in [-0.4, -0.2) is 85.7 Å². The summed E-state index contributed by atoms with van der Waals surface area (Å²) in [5.41, 5.74) is -0.975. The molecule has 1 amide bonds. The number of carboxylic acid groups (broad SMARTS) is 2. The van der Waals surface area contributed by atoms with E-state index in [9.17, 15) is 37.6 Å². The minimum Gasteiger partial charge on any atom is -0.488 e. The number of rotatable bonds is 15. The van der Waals surface area contributed by atoms with Gasteiger partial charge in [0.15, 0.2) is 20.0 Å². The molecule has 0 spiro atoms. The van der Waals surface area contributed by atoms with E-state index in [4.69, 9.17) is 23.3 Å². The standard InChI is InChI=1S/C29H32N3O13PS2/c1-4-20(15-41-2)44-22-10-18(11-23(12-22)45-21-6-7-25(30-14-21)48(3,39)40)27(35)32(24(28(36)37)13-26(33)34)29-31-19(17-47-29)16-46(38)42-8-5-9-43-46/h6-7,10-14,17,20H,4-5,8-9,15-16H2,1-3H3,(H,33,34)(H,36,37)/b24-13-/t20-/m0/s1. The number of hydrogen-bond donors (Lipinski definition) is 2. The first-order valence-corrected chi connectivity index (χ1v) is 18.7. The van der Waals surface area contributed by atoms with Crippen LogP contribution in [0.5, 0.6) is 17.2 Å². The smallest absolute Gasteiger partial charge is 0.353 e. The number of anilines is 1. The van der Waals surface area contributed by atoms with Crippen molar-refractivity contribution in [1.82, 2.24) is 9.97 Å². The average molecular weight is 726 g/mol. The first kappa shape index (κ1) is 36.6. The van der Waals surface area contributed by atoms with E-state index in [1.165, 1.54) is 42.8 Å². The lowest BCUT2D eigenvalue weighted by atomic mass is 10.1. The van der Waals surface area contributed by atoms with Gasteiger partial charge in [-0.3, -0.25) is 9.36 Å². The van der Waals surface area contributed by atoms with E-state index in [0.29, 0.717) is 23.8 Å². The van der Waals surface area contributed by atoms with Gasteiger partial charge in [0.25, 0.3) is 5.91 Å². The minimum absolute atomic E-state index is 0.0144. The number of sulfone groups is 1. The van der Waals surface area contributed by atoms with Gasteiger partial charge in [-0.05, 0) is 37.1 Å². The monoisotopic (exact) mass is 725 g/mol. The highest BCUT2D eigenvalue weighted by atomic mass is 32.2. The topological polar surface area (TPSA) is 218 Å². The number of pyridine rings is 1. The van der Waals surface area contributed by atoms with Gasteiger partial charge in [-0.25, -0.2) is 32.9 Å². The summed E-state index contributed by atoms with van der Waals surface area (Å²) in [6.07, 6.45) is 2.84. The molecular weight excluding hydrogens is 693 g/mol. The summed E-state index contributed by atoms with van der Waals surface area (Å²) in [4.78, 5) is 47.0. The molecule has 0 aliphatic carbocycles. The third-order valence-corrected chi connectivity index (χ3v) is 10.2. The van der Waals surface area contributed by atoms with E-state index in [2.05, 4.69) is 9.97 Å². The molecule has 0 radical (unpaired) electrons. The van der Waals surface area contributed by atoms with Crippen LogP contribution in [0, 0.1) is 0 Å². The number of hydrogen-bond acceptors (Lipinski definition) is 14. The van der Waals surface area contributed by atoms with Gasteiger partial charge in [0, 0.05) is 30.4 Å². The zero-order valence-electron chi connectivity index (χ0n) is 25.9. The molecule has 0 unspecified atom stereocenters. The lowest BCUT2D eigenvalue weighted by Crippen LogP contribution is -2.34. The highest BCUT2D eigenvalue weighted by Gasteiger charge is 2.33. The second-order valence-corrected chi connectivity index (χ2v) is 15.1. The number of amides is 1. The molecule has 3 aromatic rings. The summed E-state index contributed by atoms with van der Waals surface area (Å²) in [6, 6.07) is 6.59. The summed E-state index contributed by atoms with van der Waals surface area (Å²) in [5.74, 6) is -4.19. The lowest BCUT2D eigenvalue weighted by molar-refractivity contribution is -0.135. The Kier molecular flexibility index (Phi) is 12.1. The average Bonchev–Trinajstić information content (AvgIpc) is 3.47. The molecule has 2 aromatic heterocycles. The molecule has 0 saturated carbocycles. The van der Waals surface area contributed by atoms with Gasteiger partial charge in [-0.15, -0.1) is 11.3 Å². The molecule has 19 heteroatoms. The highest BCUT2D eigenvalue weighted by molar-refractivity contribution is 7.90. The second kappa shape index (κ2) is 15.8.